The minimum Gasteiger partial charge on any atom is -0.244 e. The van der Waals surface area contributed by atoms with Gasteiger partial charge in [0.25, 0.3) is 0 Å². The van der Waals surface area contributed by atoms with Gasteiger partial charge in [-0.1, -0.05) is 17.7 Å². The second-order valence-corrected chi connectivity index (χ2v) is 2.89. The quantitative estimate of drug-likeness (QED) is 0.672. The SMILES string of the molecule is N#CC(C#N)Cc1ccc(Cl)nc1. The molecule has 0 N–H and O–H groups in total. The van der Waals surface area contributed by atoms with E-state index < -0.39 is 5.92 Å². The topological polar surface area (TPSA) is 60.5 Å². The van der Waals surface area contributed by atoms with Gasteiger partial charge in [0.05, 0.1) is 12.1 Å². The molecule has 0 radical (unpaired) electrons. The Morgan fingerprint density at radius 3 is 2.54 bits per heavy atom. The first-order chi connectivity index (χ1) is 6.26. The van der Waals surface area contributed by atoms with Crippen LogP contribution in [0.15, 0.2) is 18.3 Å². The minimum atomic E-state index is -0.608. The fourth-order valence-electron chi connectivity index (χ4n) is 0.883. The maximum absolute atomic E-state index is 8.52. The molecular formula is C9H6ClN3. The van der Waals surface area contributed by atoms with E-state index in [1.165, 1.54) is 0 Å². The lowest BCUT2D eigenvalue weighted by molar-refractivity contribution is 0.829. The Morgan fingerprint density at radius 2 is 2.08 bits per heavy atom. The summed E-state index contributed by atoms with van der Waals surface area (Å²) in [4.78, 5) is 3.85. The van der Waals surface area contributed by atoms with Crippen molar-refractivity contribution in [2.24, 2.45) is 5.92 Å². The van der Waals surface area contributed by atoms with Crippen LogP contribution in [-0.2, 0) is 6.42 Å². The Kier molecular flexibility index (Phi) is 3.25. The molecule has 0 fully saturated rings. The molecule has 1 aromatic heterocycles. The number of rotatable bonds is 2. The van der Waals surface area contributed by atoms with Crippen molar-refractivity contribution in [2.75, 3.05) is 0 Å². The molecule has 0 saturated heterocycles. The van der Waals surface area contributed by atoms with Crippen LogP contribution in [0, 0.1) is 28.6 Å². The third-order valence-electron chi connectivity index (χ3n) is 1.54. The molecule has 0 amide bonds. The Bertz CT molecular complexity index is 344. The number of hydrogen-bond acceptors (Lipinski definition) is 3. The molecule has 4 heteroatoms. The molecule has 0 aliphatic carbocycles. The zero-order valence-corrected chi connectivity index (χ0v) is 7.49. The highest BCUT2D eigenvalue weighted by Gasteiger charge is 2.06. The van der Waals surface area contributed by atoms with Crippen LogP contribution in [0.3, 0.4) is 0 Å². The van der Waals surface area contributed by atoms with E-state index in [4.69, 9.17) is 22.1 Å². The first-order valence-electron chi connectivity index (χ1n) is 3.66. The summed E-state index contributed by atoms with van der Waals surface area (Å²) < 4.78 is 0. The normalized spacial score (nSPS) is 9.23. The Hall–Kier alpha value is -1.58. The predicted octanol–water partition coefficient (Wildman–Crippen LogP) is 1.94. The summed E-state index contributed by atoms with van der Waals surface area (Å²) in [7, 11) is 0. The van der Waals surface area contributed by atoms with E-state index in [1.54, 1.807) is 18.3 Å². The third kappa shape index (κ3) is 2.74. The van der Waals surface area contributed by atoms with Crippen molar-refractivity contribution in [1.82, 2.24) is 4.98 Å². The fourth-order valence-corrected chi connectivity index (χ4v) is 0.995. The molecule has 1 aromatic rings. The Balaban J connectivity index is 2.71. The number of aromatic nitrogens is 1. The molecule has 0 aliphatic rings. The number of nitriles is 2. The average molecular weight is 192 g/mol. The van der Waals surface area contributed by atoms with E-state index >= 15 is 0 Å². The van der Waals surface area contributed by atoms with E-state index in [1.807, 2.05) is 12.1 Å². The number of nitrogens with zero attached hydrogens (tertiary/aromatic N) is 3. The number of halogens is 1. The first-order valence-corrected chi connectivity index (χ1v) is 4.03. The van der Waals surface area contributed by atoms with Crippen molar-refractivity contribution in [3.05, 3.63) is 29.0 Å². The standard InChI is InChI=1S/C9H6ClN3/c10-9-2-1-7(6-13-9)3-8(4-11)5-12/h1-2,6,8H,3H2. The van der Waals surface area contributed by atoms with Crippen molar-refractivity contribution in [3.8, 4) is 12.1 Å². The van der Waals surface area contributed by atoms with Crippen LogP contribution in [0.2, 0.25) is 5.15 Å². The molecule has 0 atom stereocenters. The van der Waals surface area contributed by atoms with Crippen LogP contribution in [0.25, 0.3) is 0 Å². The van der Waals surface area contributed by atoms with Crippen LogP contribution in [0.1, 0.15) is 5.56 Å². The van der Waals surface area contributed by atoms with Gasteiger partial charge in [-0.25, -0.2) is 4.98 Å². The van der Waals surface area contributed by atoms with Gasteiger partial charge in [-0.05, 0) is 11.6 Å². The third-order valence-corrected chi connectivity index (χ3v) is 1.76. The molecular weight excluding hydrogens is 186 g/mol. The van der Waals surface area contributed by atoms with Gasteiger partial charge in [0.15, 0.2) is 0 Å². The lowest BCUT2D eigenvalue weighted by Crippen LogP contribution is -1.98. The average Bonchev–Trinajstić information content (AvgIpc) is 2.17. The highest BCUT2D eigenvalue weighted by atomic mass is 35.5. The molecule has 1 rings (SSSR count). The van der Waals surface area contributed by atoms with Gasteiger partial charge in [0.2, 0.25) is 0 Å². The van der Waals surface area contributed by atoms with Crippen LogP contribution in [0.5, 0.6) is 0 Å². The van der Waals surface area contributed by atoms with Crippen molar-refractivity contribution >= 4 is 11.6 Å². The summed E-state index contributed by atoms with van der Waals surface area (Å²) in [6.07, 6.45) is 1.97. The van der Waals surface area contributed by atoms with Gasteiger partial charge in [-0.15, -0.1) is 0 Å². The summed E-state index contributed by atoms with van der Waals surface area (Å²) in [6, 6.07) is 7.19. The van der Waals surface area contributed by atoms with Gasteiger partial charge in [0, 0.05) is 12.6 Å². The van der Waals surface area contributed by atoms with E-state index in [2.05, 4.69) is 4.98 Å². The number of pyridine rings is 1. The zero-order chi connectivity index (χ0) is 9.68. The summed E-state index contributed by atoms with van der Waals surface area (Å²) in [6.45, 7) is 0. The second kappa shape index (κ2) is 4.45. The van der Waals surface area contributed by atoms with Crippen molar-refractivity contribution in [1.29, 1.82) is 10.5 Å². The Labute approximate surface area is 81.2 Å². The van der Waals surface area contributed by atoms with E-state index in [-0.39, 0.29) is 0 Å². The van der Waals surface area contributed by atoms with Gasteiger partial charge < -0.3 is 0 Å². The van der Waals surface area contributed by atoms with Crippen LogP contribution in [-0.4, -0.2) is 4.98 Å². The Morgan fingerprint density at radius 1 is 1.38 bits per heavy atom. The van der Waals surface area contributed by atoms with Crippen molar-refractivity contribution < 1.29 is 0 Å². The predicted molar refractivity (Wildman–Crippen MR) is 47.7 cm³/mol. The summed E-state index contributed by atoms with van der Waals surface area (Å²) in [5, 5.41) is 17.5. The van der Waals surface area contributed by atoms with E-state index in [0.29, 0.717) is 11.6 Å². The summed E-state index contributed by atoms with van der Waals surface area (Å²) >= 11 is 5.57. The van der Waals surface area contributed by atoms with E-state index in [9.17, 15) is 0 Å². The molecule has 13 heavy (non-hydrogen) atoms. The molecule has 1 heterocycles. The second-order valence-electron chi connectivity index (χ2n) is 2.50. The largest absolute Gasteiger partial charge is 0.244 e. The van der Waals surface area contributed by atoms with Gasteiger partial charge >= 0.3 is 0 Å². The minimum absolute atomic E-state index is 0.400. The monoisotopic (exact) mass is 191 g/mol. The molecule has 3 nitrogen and oxygen atoms in total. The molecule has 0 aliphatic heterocycles. The molecule has 0 spiro atoms. The molecule has 0 aromatic carbocycles. The lowest BCUT2D eigenvalue weighted by Gasteiger charge is -1.99. The van der Waals surface area contributed by atoms with E-state index in [0.717, 1.165) is 5.56 Å². The van der Waals surface area contributed by atoms with Gasteiger partial charge in [-0.2, -0.15) is 10.5 Å². The lowest BCUT2D eigenvalue weighted by atomic mass is 10.0. The van der Waals surface area contributed by atoms with Crippen LogP contribution < -0.4 is 0 Å². The van der Waals surface area contributed by atoms with Crippen LogP contribution in [0.4, 0.5) is 0 Å². The highest BCUT2D eigenvalue weighted by Crippen LogP contribution is 2.09. The number of hydrogen-bond donors (Lipinski definition) is 0. The highest BCUT2D eigenvalue weighted by molar-refractivity contribution is 6.29. The molecule has 0 unspecified atom stereocenters. The molecule has 0 bridgehead atoms. The van der Waals surface area contributed by atoms with Crippen molar-refractivity contribution in [3.63, 3.8) is 0 Å². The zero-order valence-electron chi connectivity index (χ0n) is 6.74. The summed E-state index contributed by atoms with van der Waals surface area (Å²) in [5.41, 5.74) is 0.845. The van der Waals surface area contributed by atoms with Crippen LogP contribution >= 0.6 is 11.6 Å². The maximum Gasteiger partial charge on any atom is 0.137 e. The molecule has 0 saturated carbocycles. The van der Waals surface area contributed by atoms with Gasteiger partial charge in [-0.3, -0.25) is 0 Å². The maximum atomic E-state index is 8.52. The molecule has 64 valence electrons. The first kappa shape index (κ1) is 9.51. The summed E-state index contributed by atoms with van der Waals surface area (Å²) in [5.74, 6) is -0.608. The van der Waals surface area contributed by atoms with Crippen molar-refractivity contribution in [2.45, 2.75) is 6.42 Å². The van der Waals surface area contributed by atoms with Gasteiger partial charge in [0.1, 0.15) is 11.1 Å². The smallest absolute Gasteiger partial charge is 0.137 e. The fraction of sp³-hybridized carbons (Fsp3) is 0.222.